The molecule has 0 N–H and O–H groups in total. The van der Waals surface area contributed by atoms with E-state index in [1.165, 1.54) is 6.42 Å². The Kier molecular flexibility index (Phi) is 2.23. The smallest absolute Gasteiger partial charge is 0.105 e. The summed E-state index contributed by atoms with van der Waals surface area (Å²) in [6.45, 7) is 0. The first-order valence-corrected chi connectivity index (χ1v) is 7.97. The minimum atomic E-state index is -0.193. The molecule has 0 spiro atoms. The Hall–Kier alpha value is 0.415. The van der Waals surface area contributed by atoms with Crippen LogP contribution in [0.2, 0.25) is 5.82 Å². The van der Waals surface area contributed by atoms with Crippen molar-refractivity contribution in [3.8, 4) is 0 Å². The highest BCUT2D eigenvalue weighted by Gasteiger charge is 2.40. The third kappa shape index (κ3) is 1.43. The minimum absolute atomic E-state index is 0.193. The third-order valence-corrected chi connectivity index (χ3v) is 7.49. The van der Waals surface area contributed by atoms with Crippen LogP contribution in [0.4, 0.5) is 0 Å². The molecule has 1 aliphatic heterocycles. The Labute approximate surface area is 79.2 Å². The first-order valence-electron chi connectivity index (χ1n) is 5.29. The Morgan fingerprint density at radius 3 is 2.67 bits per heavy atom. The van der Waals surface area contributed by atoms with E-state index >= 15 is 0 Å². The van der Waals surface area contributed by atoms with Gasteiger partial charge in [-0.15, -0.1) is 0 Å². The standard InChI is InChI=1S/C10H21BS/c1-12(2)5-3-4-8-6-9(11)7-10(8)12/h8-10H,3-7,11H2,1-2H3. The molecule has 3 atom stereocenters. The summed E-state index contributed by atoms with van der Waals surface area (Å²) >= 11 is 0. The summed E-state index contributed by atoms with van der Waals surface area (Å²) in [6.07, 6.45) is 11.3. The Morgan fingerprint density at radius 2 is 2.00 bits per heavy atom. The van der Waals surface area contributed by atoms with Crippen LogP contribution in [0.5, 0.6) is 0 Å². The molecule has 1 aliphatic carbocycles. The zero-order valence-electron chi connectivity index (χ0n) is 8.68. The van der Waals surface area contributed by atoms with Gasteiger partial charge in [0.2, 0.25) is 0 Å². The molecule has 0 aromatic rings. The monoisotopic (exact) mass is 184 g/mol. The van der Waals surface area contributed by atoms with Crippen LogP contribution in [0.15, 0.2) is 0 Å². The van der Waals surface area contributed by atoms with Crippen molar-refractivity contribution in [2.45, 2.75) is 36.8 Å². The molecule has 0 amide bonds. The van der Waals surface area contributed by atoms with Crippen molar-refractivity contribution in [3.05, 3.63) is 0 Å². The van der Waals surface area contributed by atoms with E-state index in [2.05, 4.69) is 20.4 Å². The molecular weight excluding hydrogens is 163 g/mol. The van der Waals surface area contributed by atoms with E-state index in [-0.39, 0.29) is 10.0 Å². The van der Waals surface area contributed by atoms with Crippen molar-refractivity contribution >= 4 is 17.9 Å². The Bertz CT molecular complexity index is 179. The largest absolute Gasteiger partial charge is 0.244 e. The Balaban J connectivity index is 2.13. The summed E-state index contributed by atoms with van der Waals surface area (Å²) in [7, 11) is 2.26. The number of hydrogen-bond donors (Lipinski definition) is 0. The van der Waals surface area contributed by atoms with Crippen LogP contribution in [-0.2, 0) is 0 Å². The van der Waals surface area contributed by atoms with E-state index in [1.54, 1.807) is 25.0 Å². The summed E-state index contributed by atoms with van der Waals surface area (Å²) in [5, 5.41) is 1.14. The van der Waals surface area contributed by atoms with Gasteiger partial charge in [-0.3, -0.25) is 0 Å². The maximum absolute atomic E-state index is 2.57. The van der Waals surface area contributed by atoms with E-state index in [4.69, 9.17) is 0 Å². The number of hydrogen-bond acceptors (Lipinski definition) is 0. The van der Waals surface area contributed by atoms with Gasteiger partial charge in [-0.1, -0.05) is 12.2 Å². The van der Waals surface area contributed by atoms with Crippen LogP contribution in [-0.4, -0.2) is 31.4 Å². The molecule has 2 aliphatic rings. The first kappa shape index (κ1) is 8.99. The van der Waals surface area contributed by atoms with E-state index < -0.39 is 0 Å². The summed E-state index contributed by atoms with van der Waals surface area (Å²) in [6, 6.07) is 0. The van der Waals surface area contributed by atoms with E-state index in [0.29, 0.717) is 0 Å². The maximum atomic E-state index is 2.57. The predicted octanol–water partition coefficient (Wildman–Crippen LogP) is 2.04. The van der Waals surface area contributed by atoms with Crippen LogP contribution >= 0.6 is 10.0 Å². The maximum Gasteiger partial charge on any atom is 0.105 e. The van der Waals surface area contributed by atoms with Crippen LogP contribution in [0, 0.1) is 5.92 Å². The van der Waals surface area contributed by atoms with Gasteiger partial charge < -0.3 is 0 Å². The molecule has 1 saturated heterocycles. The van der Waals surface area contributed by atoms with Crippen molar-refractivity contribution in [1.82, 2.24) is 0 Å². The van der Waals surface area contributed by atoms with Crippen LogP contribution < -0.4 is 0 Å². The highest BCUT2D eigenvalue weighted by molar-refractivity contribution is 8.33. The van der Waals surface area contributed by atoms with Gasteiger partial charge in [0.25, 0.3) is 0 Å². The molecule has 0 bridgehead atoms. The predicted molar refractivity (Wildman–Crippen MR) is 62.3 cm³/mol. The molecule has 0 aromatic carbocycles. The SMILES string of the molecule is BC1CC2CCCS(C)(C)C2C1. The second-order valence-electron chi connectivity index (χ2n) is 5.35. The molecule has 2 heteroatoms. The quantitative estimate of drug-likeness (QED) is 0.505. The molecule has 2 rings (SSSR count). The molecule has 70 valence electrons. The van der Waals surface area contributed by atoms with Crippen LogP contribution in [0.3, 0.4) is 0 Å². The summed E-state index contributed by atoms with van der Waals surface area (Å²) < 4.78 is 0. The van der Waals surface area contributed by atoms with Crippen LogP contribution in [0.1, 0.15) is 25.7 Å². The lowest BCUT2D eigenvalue weighted by Gasteiger charge is -2.45. The fraction of sp³-hybridized carbons (Fsp3) is 1.00. The van der Waals surface area contributed by atoms with Gasteiger partial charge in [-0.05, 0) is 48.7 Å². The second kappa shape index (κ2) is 2.97. The van der Waals surface area contributed by atoms with Crippen molar-refractivity contribution in [1.29, 1.82) is 0 Å². The van der Waals surface area contributed by atoms with Gasteiger partial charge in [0, 0.05) is 0 Å². The molecule has 2 fully saturated rings. The summed E-state index contributed by atoms with van der Waals surface area (Å²) in [4.78, 5) is 0. The highest BCUT2D eigenvalue weighted by Crippen LogP contribution is 2.60. The molecule has 3 unspecified atom stereocenters. The molecule has 0 nitrogen and oxygen atoms in total. The number of rotatable bonds is 0. The van der Waals surface area contributed by atoms with Crippen molar-refractivity contribution < 1.29 is 0 Å². The average Bonchev–Trinajstić information content (AvgIpc) is 2.30. The van der Waals surface area contributed by atoms with Crippen molar-refractivity contribution in [2.24, 2.45) is 5.92 Å². The zero-order chi connectivity index (χ0) is 8.77. The molecule has 1 heterocycles. The molecule has 0 radical (unpaired) electrons. The normalized spacial score (nSPS) is 48.3. The lowest BCUT2D eigenvalue weighted by atomic mass is 9.85. The fourth-order valence-electron chi connectivity index (χ4n) is 3.31. The Morgan fingerprint density at radius 1 is 1.25 bits per heavy atom. The highest BCUT2D eigenvalue weighted by atomic mass is 32.3. The van der Waals surface area contributed by atoms with Gasteiger partial charge in [0.05, 0.1) is 0 Å². The fourth-order valence-corrected chi connectivity index (χ4v) is 6.66. The van der Waals surface area contributed by atoms with Gasteiger partial charge in [0.15, 0.2) is 0 Å². The molecule has 0 aromatic heterocycles. The van der Waals surface area contributed by atoms with Crippen LogP contribution in [0.25, 0.3) is 0 Å². The summed E-state index contributed by atoms with van der Waals surface area (Å²) in [5.41, 5.74) is 0. The molecule has 1 saturated carbocycles. The molecular formula is C10H21BS. The minimum Gasteiger partial charge on any atom is -0.244 e. The number of fused-ring (bicyclic) bond motifs is 1. The van der Waals surface area contributed by atoms with Crippen molar-refractivity contribution in [2.75, 3.05) is 18.3 Å². The van der Waals surface area contributed by atoms with Gasteiger partial charge in [-0.25, -0.2) is 10.0 Å². The molecule has 12 heavy (non-hydrogen) atoms. The van der Waals surface area contributed by atoms with E-state index in [9.17, 15) is 0 Å². The average molecular weight is 184 g/mol. The van der Waals surface area contributed by atoms with Gasteiger partial charge in [-0.2, -0.15) is 0 Å². The lowest BCUT2D eigenvalue weighted by molar-refractivity contribution is 0.489. The van der Waals surface area contributed by atoms with E-state index in [0.717, 1.165) is 17.0 Å². The zero-order valence-corrected chi connectivity index (χ0v) is 9.49. The van der Waals surface area contributed by atoms with Gasteiger partial charge in [0.1, 0.15) is 7.85 Å². The third-order valence-electron chi connectivity index (χ3n) is 3.93. The first-order chi connectivity index (χ1) is 5.59. The van der Waals surface area contributed by atoms with E-state index in [1.807, 2.05) is 0 Å². The summed E-state index contributed by atoms with van der Waals surface area (Å²) in [5.74, 6) is 3.71. The second-order valence-corrected chi connectivity index (χ2v) is 9.61. The lowest BCUT2D eigenvalue weighted by Crippen LogP contribution is -2.28. The van der Waals surface area contributed by atoms with Crippen molar-refractivity contribution in [3.63, 3.8) is 0 Å². The van der Waals surface area contributed by atoms with Gasteiger partial charge >= 0.3 is 0 Å². The topological polar surface area (TPSA) is 0 Å².